The Kier molecular flexibility index (Phi) is 3.43. The number of aryl methyl sites for hydroxylation is 1. The zero-order valence-electron chi connectivity index (χ0n) is 12.5. The molecule has 0 atom stereocenters. The molecule has 2 heterocycles. The van der Waals surface area contributed by atoms with Crippen molar-refractivity contribution in [2.75, 3.05) is 0 Å². The molecule has 0 unspecified atom stereocenters. The molecule has 0 saturated heterocycles. The standard InChI is InChI=1S/C20H18N2/c1-2-8-15(9-3-1)20-14-17(18-11-6-7-13-21-18)16-10-4-5-12-19(16)22-20/h1-3,6-9,11,13-14H,4-5,10,12H2. The van der Waals surface area contributed by atoms with Crippen LogP contribution >= 0.6 is 0 Å². The summed E-state index contributed by atoms with van der Waals surface area (Å²) in [4.78, 5) is 9.51. The first kappa shape index (κ1) is 13.2. The van der Waals surface area contributed by atoms with Gasteiger partial charge in [-0.25, -0.2) is 0 Å². The maximum atomic E-state index is 4.94. The van der Waals surface area contributed by atoms with Crippen LogP contribution in [0.25, 0.3) is 22.5 Å². The summed E-state index contributed by atoms with van der Waals surface area (Å²) in [7, 11) is 0. The van der Waals surface area contributed by atoms with Crippen molar-refractivity contribution in [3.05, 3.63) is 72.1 Å². The molecule has 0 fully saturated rings. The summed E-state index contributed by atoms with van der Waals surface area (Å²) in [6.07, 6.45) is 6.55. The van der Waals surface area contributed by atoms with Crippen LogP contribution in [0.2, 0.25) is 0 Å². The molecule has 1 aliphatic rings. The van der Waals surface area contributed by atoms with Crippen molar-refractivity contribution in [1.82, 2.24) is 9.97 Å². The first-order valence-electron chi connectivity index (χ1n) is 7.91. The van der Waals surface area contributed by atoms with Gasteiger partial charge in [-0.15, -0.1) is 0 Å². The largest absolute Gasteiger partial charge is 0.256 e. The van der Waals surface area contributed by atoms with Crippen LogP contribution in [-0.4, -0.2) is 9.97 Å². The smallest absolute Gasteiger partial charge is 0.0712 e. The van der Waals surface area contributed by atoms with Crippen LogP contribution < -0.4 is 0 Å². The minimum absolute atomic E-state index is 1.06. The molecule has 0 saturated carbocycles. The van der Waals surface area contributed by atoms with Gasteiger partial charge in [-0.3, -0.25) is 9.97 Å². The highest BCUT2D eigenvalue weighted by Crippen LogP contribution is 2.33. The third-order valence-corrected chi connectivity index (χ3v) is 4.31. The van der Waals surface area contributed by atoms with Gasteiger partial charge in [0.2, 0.25) is 0 Å². The second-order valence-corrected chi connectivity index (χ2v) is 5.77. The molecule has 2 heteroatoms. The van der Waals surface area contributed by atoms with Crippen LogP contribution in [-0.2, 0) is 12.8 Å². The number of nitrogens with zero attached hydrogens (tertiary/aromatic N) is 2. The molecule has 0 amide bonds. The van der Waals surface area contributed by atoms with Crippen LogP contribution in [0, 0.1) is 0 Å². The maximum Gasteiger partial charge on any atom is 0.0712 e. The van der Waals surface area contributed by atoms with Crippen molar-refractivity contribution in [1.29, 1.82) is 0 Å². The lowest BCUT2D eigenvalue weighted by molar-refractivity contribution is 0.669. The molecule has 0 aliphatic heterocycles. The SMILES string of the molecule is c1ccc(-c2cc(-c3ccccn3)c3c(n2)CCCC3)cc1. The van der Waals surface area contributed by atoms with E-state index in [-0.39, 0.29) is 0 Å². The lowest BCUT2D eigenvalue weighted by Crippen LogP contribution is -2.08. The van der Waals surface area contributed by atoms with Crippen LogP contribution in [0.5, 0.6) is 0 Å². The fourth-order valence-corrected chi connectivity index (χ4v) is 3.21. The molecule has 3 aromatic rings. The number of fused-ring (bicyclic) bond motifs is 1. The van der Waals surface area contributed by atoms with E-state index in [9.17, 15) is 0 Å². The highest BCUT2D eigenvalue weighted by atomic mass is 14.7. The van der Waals surface area contributed by atoms with E-state index >= 15 is 0 Å². The number of pyridine rings is 2. The second kappa shape index (κ2) is 5.72. The molecular weight excluding hydrogens is 268 g/mol. The lowest BCUT2D eigenvalue weighted by atomic mass is 9.89. The zero-order valence-corrected chi connectivity index (χ0v) is 12.5. The normalized spacial score (nSPS) is 13.6. The van der Waals surface area contributed by atoms with Crippen LogP contribution in [0.3, 0.4) is 0 Å². The molecule has 0 spiro atoms. The third-order valence-electron chi connectivity index (χ3n) is 4.31. The van der Waals surface area contributed by atoms with Crippen LogP contribution in [0.1, 0.15) is 24.1 Å². The van der Waals surface area contributed by atoms with Crippen LogP contribution in [0.15, 0.2) is 60.8 Å². The predicted molar refractivity (Wildman–Crippen MR) is 89.5 cm³/mol. The van der Waals surface area contributed by atoms with Gasteiger partial charge in [0.15, 0.2) is 0 Å². The minimum atomic E-state index is 1.06. The highest BCUT2D eigenvalue weighted by molar-refractivity contribution is 5.72. The lowest BCUT2D eigenvalue weighted by Gasteiger charge is -2.20. The zero-order chi connectivity index (χ0) is 14.8. The molecule has 0 radical (unpaired) electrons. The molecule has 22 heavy (non-hydrogen) atoms. The Labute approximate surface area is 130 Å². The number of aromatic nitrogens is 2. The number of benzene rings is 1. The Morgan fingerprint density at radius 3 is 2.41 bits per heavy atom. The Morgan fingerprint density at radius 2 is 1.59 bits per heavy atom. The number of rotatable bonds is 2. The van der Waals surface area contributed by atoms with Gasteiger partial charge in [-0.05, 0) is 49.4 Å². The Morgan fingerprint density at radius 1 is 0.773 bits per heavy atom. The average molecular weight is 286 g/mol. The van der Waals surface area contributed by atoms with Gasteiger partial charge in [0, 0.05) is 23.0 Å². The van der Waals surface area contributed by atoms with Gasteiger partial charge < -0.3 is 0 Å². The summed E-state index contributed by atoms with van der Waals surface area (Å²) >= 11 is 0. The van der Waals surface area contributed by atoms with Crippen molar-refractivity contribution in [3.63, 3.8) is 0 Å². The van der Waals surface area contributed by atoms with Crippen molar-refractivity contribution in [2.45, 2.75) is 25.7 Å². The van der Waals surface area contributed by atoms with Gasteiger partial charge in [-0.2, -0.15) is 0 Å². The highest BCUT2D eigenvalue weighted by Gasteiger charge is 2.18. The van der Waals surface area contributed by atoms with E-state index < -0.39 is 0 Å². The predicted octanol–water partition coefficient (Wildman–Crippen LogP) is 4.69. The summed E-state index contributed by atoms with van der Waals surface area (Å²) in [6, 6.07) is 18.8. The topological polar surface area (TPSA) is 25.8 Å². The van der Waals surface area contributed by atoms with E-state index in [1.807, 2.05) is 18.3 Å². The van der Waals surface area contributed by atoms with Gasteiger partial charge in [0.05, 0.1) is 11.4 Å². The number of hydrogen-bond donors (Lipinski definition) is 0. The molecular formula is C20H18N2. The fourth-order valence-electron chi connectivity index (χ4n) is 3.21. The van der Waals surface area contributed by atoms with E-state index in [4.69, 9.17) is 4.98 Å². The van der Waals surface area contributed by atoms with Crippen molar-refractivity contribution < 1.29 is 0 Å². The Bertz CT molecular complexity index is 780. The number of hydrogen-bond acceptors (Lipinski definition) is 2. The van der Waals surface area contributed by atoms with Crippen molar-refractivity contribution in [2.24, 2.45) is 0 Å². The second-order valence-electron chi connectivity index (χ2n) is 5.77. The minimum Gasteiger partial charge on any atom is -0.256 e. The quantitative estimate of drug-likeness (QED) is 0.683. The van der Waals surface area contributed by atoms with Gasteiger partial charge in [0.1, 0.15) is 0 Å². The van der Waals surface area contributed by atoms with E-state index in [1.54, 1.807) is 0 Å². The third kappa shape index (κ3) is 2.41. The van der Waals surface area contributed by atoms with Gasteiger partial charge in [-0.1, -0.05) is 36.4 Å². The fraction of sp³-hybridized carbons (Fsp3) is 0.200. The van der Waals surface area contributed by atoms with Gasteiger partial charge in [0.25, 0.3) is 0 Å². The monoisotopic (exact) mass is 286 g/mol. The molecule has 108 valence electrons. The molecule has 2 nitrogen and oxygen atoms in total. The van der Waals surface area contributed by atoms with E-state index in [2.05, 4.69) is 47.4 Å². The summed E-state index contributed by atoms with van der Waals surface area (Å²) in [5, 5.41) is 0. The molecule has 4 rings (SSSR count). The Hall–Kier alpha value is -2.48. The van der Waals surface area contributed by atoms with Crippen molar-refractivity contribution >= 4 is 0 Å². The molecule has 1 aromatic carbocycles. The summed E-state index contributed by atoms with van der Waals surface area (Å²) in [5.74, 6) is 0. The summed E-state index contributed by atoms with van der Waals surface area (Å²) < 4.78 is 0. The molecule has 0 bridgehead atoms. The Balaban J connectivity index is 1.92. The first-order valence-corrected chi connectivity index (χ1v) is 7.91. The molecule has 1 aliphatic carbocycles. The molecule has 2 aromatic heterocycles. The molecule has 0 N–H and O–H groups in total. The first-order chi connectivity index (χ1) is 10.9. The summed E-state index contributed by atoms with van der Waals surface area (Å²) in [6.45, 7) is 0. The van der Waals surface area contributed by atoms with E-state index in [1.165, 1.54) is 35.2 Å². The van der Waals surface area contributed by atoms with E-state index in [0.29, 0.717) is 0 Å². The average Bonchev–Trinajstić information content (AvgIpc) is 2.62. The van der Waals surface area contributed by atoms with E-state index in [0.717, 1.165) is 24.2 Å². The summed E-state index contributed by atoms with van der Waals surface area (Å²) in [5.41, 5.74) is 7.19. The maximum absolute atomic E-state index is 4.94. The van der Waals surface area contributed by atoms with Gasteiger partial charge >= 0.3 is 0 Å². The van der Waals surface area contributed by atoms with Crippen molar-refractivity contribution in [3.8, 4) is 22.5 Å². The van der Waals surface area contributed by atoms with Crippen LogP contribution in [0.4, 0.5) is 0 Å².